The molecule has 0 radical (unpaired) electrons. The number of fused-ring (bicyclic) bond motifs is 3. The summed E-state index contributed by atoms with van der Waals surface area (Å²) in [4.78, 5) is 34.2. The Morgan fingerprint density at radius 3 is 2.85 bits per heavy atom. The van der Waals surface area contributed by atoms with Crippen LogP contribution >= 0.6 is 11.3 Å². The van der Waals surface area contributed by atoms with E-state index < -0.39 is 0 Å². The summed E-state index contributed by atoms with van der Waals surface area (Å²) in [5.74, 6) is 0.815. The lowest BCUT2D eigenvalue weighted by Crippen LogP contribution is -2.41. The van der Waals surface area contributed by atoms with Gasteiger partial charge in [0.25, 0.3) is 5.56 Å². The average Bonchev–Trinajstić information content (AvgIpc) is 3.07. The molecule has 4 rings (SSSR count). The summed E-state index contributed by atoms with van der Waals surface area (Å²) < 4.78 is 1.63. The largest absolute Gasteiger partial charge is 0.343 e. The van der Waals surface area contributed by atoms with Crippen molar-refractivity contribution in [2.75, 3.05) is 26.7 Å². The molecular formula is C20H28N4O2S. The third-order valence-electron chi connectivity index (χ3n) is 5.97. The van der Waals surface area contributed by atoms with Gasteiger partial charge in [0.2, 0.25) is 5.91 Å². The quantitative estimate of drug-likeness (QED) is 0.853. The minimum absolute atomic E-state index is 0.0277. The molecule has 27 heavy (non-hydrogen) atoms. The maximum Gasteiger partial charge on any atom is 0.262 e. The Morgan fingerprint density at radius 1 is 1.30 bits per heavy atom. The summed E-state index contributed by atoms with van der Waals surface area (Å²) in [5.41, 5.74) is 1.24. The Balaban J connectivity index is 1.43. The van der Waals surface area contributed by atoms with Gasteiger partial charge in [-0.2, -0.15) is 0 Å². The first kappa shape index (κ1) is 18.6. The van der Waals surface area contributed by atoms with E-state index >= 15 is 0 Å². The Morgan fingerprint density at radius 2 is 2.07 bits per heavy atom. The van der Waals surface area contributed by atoms with Crippen molar-refractivity contribution in [3.05, 3.63) is 27.1 Å². The number of aromatic nitrogens is 2. The molecule has 2 aromatic heterocycles. The molecule has 0 aromatic carbocycles. The van der Waals surface area contributed by atoms with E-state index in [0.717, 1.165) is 62.0 Å². The molecule has 1 N–H and O–H groups in total. The fourth-order valence-electron chi connectivity index (χ4n) is 4.39. The Hall–Kier alpha value is -1.73. The van der Waals surface area contributed by atoms with Crippen molar-refractivity contribution in [1.82, 2.24) is 19.8 Å². The number of amides is 1. The second-order valence-corrected chi connectivity index (χ2v) is 8.85. The van der Waals surface area contributed by atoms with Crippen LogP contribution in [0.5, 0.6) is 0 Å². The van der Waals surface area contributed by atoms with Crippen LogP contribution in [0.3, 0.4) is 0 Å². The molecule has 6 nitrogen and oxygen atoms in total. The van der Waals surface area contributed by atoms with Gasteiger partial charge in [-0.1, -0.05) is 0 Å². The predicted molar refractivity (Wildman–Crippen MR) is 108 cm³/mol. The van der Waals surface area contributed by atoms with Crippen molar-refractivity contribution in [3.63, 3.8) is 0 Å². The van der Waals surface area contributed by atoms with Crippen LogP contribution in [0, 0.1) is 5.92 Å². The van der Waals surface area contributed by atoms with E-state index in [4.69, 9.17) is 0 Å². The van der Waals surface area contributed by atoms with Gasteiger partial charge in [0.1, 0.15) is 4.83 Å². The van der Waals surface area contributed by atoms with Crippen molar-refractivity contribution in [2.45, 2.75) is 51.5 Å². The maximum atomic E-state index is 13.0. The molecule has 7 heteroatoms. The van der Waals surface area contributed by atoms with Crippen LogP contribution in [-0.2, 0) is 24.2 Å². The summed E-state index contributed by atoms with van der Waals surface area (Å²) in [6.45, 7) is 3.10. The topological polar surface area (TPSA) is 67.2 Å². The van der Waals surface area contributed by atoms with Gasteiger partial charge in [-0.25, -0.2) is 4.98 Å². The fourth-order valence-corrected chi connectivity index (χ4v) is 5.61. The lowest BCUT2D eigenvalue weighted by molar-refractivity contribution is -0.132. The molecule has 146 valence electrons. The highest BCUT2D eigenvalue weighted by molar-refractivity contribution is 7.18. The summed E-state index contributed by atoms with van der Waals surface area (Å²) in [7, 11) is 1.98. The molecule has 0 spiro atoms. The minimum Gasteiger partial charge on any atom is -0.343 e. The summed E-state index contributed by atoms with van der Waals surface area (Å²) >= 11 is 1.67. The highest BCUT2D eigenvalue weighted by Crippen LogP contribution is 2.33. The highest BCUT2D eigenvalue weighted by Gasteiger charge is 2.23. The van der Waals surface area contributed by atoms with Gasteiger partial charge in [0.15, 0.2) is 0 Å². The molecular weight excluding hydrogens is 360 g/mol. The number of nitrogens with zero attached hydrogens (tertiary/aromatic N) is 3. The van der Waals surface area contributed by atoms with E-state index in [1.165, 1.54) is 16.9 Å². The third-order valence-corrected chi connectivity index (χ3v) is 7.17. The molecule has 0 atom stereocenters. The van der Waals surface area contributed by atoms with E-state index in [1.54, 1.807) is 22.2 Å². The van der Waals surface area contributed by atoms with Gasteiger partial charge in [0.05, 0.1) is 11.7 Å². The van der Waals surface area contributed by atoms with Crippen LogP contribution in [-0.4, -0.2) is 47.0 Å². The first-order chi connectivity index (χ1) is 13.2. The van der Waals surface area contributed by atoms with Crippen molar-refractivity contribution in [3.8, 4) is 0 Å². The minimum atomic E-state index is 0.0277. The number of piperidine rings is 1. The standard InChI is InChI=1S/C20H28N4O2S/c1-21-12-14-6-9-23(10-7-14)17(25)8-11-24-13-22-19-18(20(24)26)15-4-2-3-5-16(15)27-19/h13-14,21H,2-12H2,1H3. The molecule has 0 bridgehead atoms. The number of carbonyl (C=O) groups excluding carboxylic acids is 1. The van der Waals surface area contributed by atoms with Crippen LogP contribution < -0.4 is 10.9 Å². The van der Waals surface area contributed by atoms with Crippen molar-refractivity contribution in [1.29, 1.82) is 0 Å². The van der Waals surface area contributed by atoms with Gasteiger partial charge in [-0.3, -0.25) is 14.2 Å². The monoisotopic (exact) mass is 388 g/mol. The number of nitrogens with one attached hydrogen (secondary N) is 1. The van der Waals surface area contributed by atoms with Crippen LogP contribution in [0.15, 0.2) is 11.1 Å². The van der Waals surface area contributed by atoms with Crippen molar-refractivity contribution in [2.24, 2.45) is 5.92 Å². The molecule has 2 aromatic rings. The Bertz CT molecular complexity index is 880. The molecule has 2 aliphatic rings. The van der Waals surface area contributed by atoms with Gasteiger partial charge >= 0.3 is 0 Å². The molecule has 3 heterocycles. The van der Waals surface area contributed by atoms with Gasteiger partial charge in [-0.05, 0) is 63.6 Å². The highest BCUT2D eigenvalue weighted by atomic mass is 32.1. The van der Waals surface area contributed by atoms with E-state index in [9.17, 15) is 9.59 Å². The van der Waals surface area contributed by atoms with Crippen molar-refractivity contribution >= 4 is 27.5 Å². The maximum absolute atomic E-state index is 13.0. The molecule has 1 aliphatic carbocycles. The van der Waals surface area contributed by atoms with E-state index in [2.05, 4.69) is 10.3 Å². The van der Waals surface area contributed by atoms with Gasteiger partial charge in [-0.15, -0.1) is 11.3 Å². The second-order valence-electron chi connectivity index (χ2n) is 7.77. The SMILES string of the molecule is CNCC1CCN(C(=O)CCn2cnc3sc4c(c3c2=O)CCCC4)CC1. The first-order valence-electron chi connectivity index (χ1n) is 10.1. The number of carbonyl (C=O) groups is 1. The number of aryl methyl sites for hydroxylation is 3. The molecule has 1 aliphatic heterocycles. The lowest BCUT2D eigenvalue weighted by Gasteiger charge is -2.32. The summed E-state index contributed by atoms with van der Waals surface area (Å²) in [6, 6.07) is 0. The molecule has 1 saturated heterocycles. The van der Waals surface area contributed by atoms with E-state index in [1.807, 2.05) is 11.9 Å². The Labute approximate surface area is 163 Å². The zero-order valence-electron chi connectivity index (χ0n) is 16.0. The number of rotatable bonds is 5. The molecule has 0 saturated carbocycles. The van der Waals surface area contributed by atoms with Crippen LogP contribution in [0.1, 0.15) is 42.5 Å². The lowest BCUT2D eigenvalue weighted by atomic mass is 9.96. The zero-order valence-corrected chi connectivity index (χ0v) is 16.8. The third kappa shape index (κ3) is 3.80. The first-order valence-corrected chi connectivity index (χ1v) is 10.9. The van der Waals surface area contributed by atoms with E-state index in [-0.39, 0.29) is 11.5 Å². The number of hydrogen-bond donors (Lipinski definition) is 1. The number of thiophene rings is 1. The molecule has 1 fully saturated rings. The van der Waals surface area contributed by atoms with E-state index in [0.29, 0.717) is 18.9 Å². The Kier molecular flexibility index (Phi) is 5.59. The summed E-state index contributed by atoms with van der Waals surface area (Å²) in [6.07, 6.45) is 8.51. The average molecular weight is 389 g/mol. The smallest absolute Gasteiger partial charge is 0.262 e. The normalized spacial score (nSPS) is 18.0. The molecule has 1 amide bonds. The zero-order chi connectivity index (χ0) is 18.8. The number of likely N-dealkylation sites (tertiary alicyclic amines) is 1. The predicted octanol–water partition coefficient (Wildman–Crippen LogP) is 2.18. The molecule has 0 unspecified atom stereocenters. The van der Waals surface area contributed by atoms with Crippen LogP contribution in [0.25, 0.3) is 10.2 Å². The van der Waals surface area contributed by atoms with Gasteiger partial charge in [0, 0.05) is 30.9 Å². The summed E-state index contributed by atoms with van der Waals surface area (Å²) in [5, 5.41) is 4.02. The van der Waals surface area contributed by atoms with Crippen molar-refractivity contribution < 1.29 is 4.79 Å². The van der Waals surface area contributed by atoms with Crippen LogP contribution in [0.2, 0.25) is 0 Å². The second kappa shape index (κ2) is 8.10. The van der Waals surface area contributed by atoms with Gasteiger partial charge < -0.3 is 10.2 Å². The fraction of sp³-hybridized carbons (Fsp3) is 0.650. The van der Waals surface area contributed by atoms with Crippen LogP contribution in [0.4, 0.5) is 0 Å². The number of hydrogen-bond acceptors (Lipinski definition) is 5.